The van der Waals surface area contributed by atoms with E-state index in [0.717, 1.165) is 11.0 Å². The van der Waals surface area contributed by atoms with Crippen molar-refractivity contribution in [3.8, 4) is 0 Å². The van der Waals surface area contributed by atoms with Crippen LogP contribution in [0.4, 0.5) is 5.69 Å². The van der Waals surface area contributed by atoms with Gasteiger partial charge >= 0.3 is 0 Å². The lowest BCUT2D eigenvalue weighted by molar-refractivity contribution is 0.164. The van der Waals surface area contributed by atoms with Crippen molar-refractivity contribution in [1.82, 2.24) is 9.97 Å². The molecule has 0 spiro atoms. The first-order valence-electron chi connectivity index (χ1n) is 5.42. The molecule has 0 saturated heterocycles. The van der Waals surface area contributed by atoms with Crippen LogP contribution < -0.4 is 5.73 Å². The molecule has 0 radical (unpaired) electrons. The van der Waals surface area contributed by atoms with Crippen molar-refractivity contribution < 1.29 is 8.95 Å². The molecule has 1 aromatic heterocycles. The van der Waals surface area contributed by atoms with Crippen molar-refractivity contribution in [3.05, 3.63) is 18.2 Å². The second kappa shape index (κ2) is 5.29. The first-order valence-corrected chi connectivity index (χ1v) is 6.74. The molecule has 1 aromatic carbocycles. The van der Waals surface area contributed by atoms with E-state index < -0.39 is 10.8 Å². The fourth-order valence-corrected chi connectivity index (χ4v) is 2.37. The second-order valence-electron chi connectivity index (χ2n) is 3.57. The highest BCUT2D eigenvalue weighted by Gasteiger charge is 2.09. The van der Waals surface area contributed by atoms with Gasteiger partial charge in [0.05, 0.1) is 34.2 Å². The number of nitrogens with zero attached hydrogens (tertiary/aromatic N) is 1. The summed E-state index contributed by atoms with van der Waals surface area (Å²) in [6.07, 6.45) is 0. The molecule has 2 aromatic rings. The van der Waals surface area contributed by atoms with Crippen LogP contribution in [0.25, 0.3) is 11.0 Å². The van der Waals surface area contributed by atoms with Crippen molar-refractivity contribution in [2.24, 2.45) is 0 Å². The minimum absolute atomic E-state index is 0.448. The number of fused-ring (bicyclic) bond motifs is 1. The summed E-state index contributed by atoms with van der Waals surface area (Å²) in [6.45, 7) is 3.02. The Kier molecular flexibility index (Phi) is 3.75. The van der Waals surface area contributed by atoms with Gasteiger partial charge in [-0.05, 0) is 25.1 Å². The molecule has 0 saturated carbocycles. The van der Waals surface area contributed by atoms with Crippen molar-refractivity contribution in [1.29, 1.82) is 0 Å². The van der Waals surface area contributed by atoms with Gasteiger partial charge in [-0.15, -0.1) is 0 Å². The van der Waals surface area contributed by atoms with Crippen molar-refractivity contribution in [2.75, 3.05) is 24.7 Å². The molecular formula is C11H15N3O2S. The molecule has 17 heavy (non-hydrogen) atoms. The average molecular weight is 253 g/mol. The Labute approximate surface area is 102 Å². The maximum atomic E-state index is 11.9. The molecule has 1 heterocycles. The van der Waals surface area contributed by atoms with Crippen molar-refractivity contribution >= 4 is 27.5 Å². The van der Waals surface area contributed by atoms with E-state index in [1.165, 1.54) is 0 Å². The Hall–Kier alpha value is -1.40. The number of nitrogen functional groups attached to an aromatic ring is 1. The highest BCUT2D eigenvalue weighted by molar-refractivity contribution is 7.84. The van der Waals surface area contributed by atoms with Crippen molar-refractivity contribution in [3.63, 3.8) is 0 Å². The quantitative estimate of drug-likeness (QED) is 0.621. The summed E-state index contributed by atoms with van der Waals surface area (Å²) in [6, 6.07) is 5.37. The molecule has 0 amide bonds. The predicted octanol–water partition coefficient (Wildman–Crippen LogP) is 1.29. The molecule has 1 atom stereocenters. The Morgan fingerprint density at radius 3 is 3.12 bits per heavy atom. The van der Waals surface area contributed by atoms with E-state index in [4.69, 9.17) is 10.5 Å². The summed E-state index contributed by atoms with van der Waals surface area (Å²) in [4.78, 5) is 7.28. The first-order chi connectivity index (χ1) is 8.20. The lowest BCUT2D eigenvalue weighted by Gasteiger charge is -1.98. The molecule has 1 unspecified atom stereocenters. The van der Waals surface area contributed by atoms with Gasteiger partial charge in [0.1, 0.15) is 0 Å². The topological polar surface area (TPSA) is 81.0 Å². The van der Waals surface area contributed by atoms with Gasteiger partial charge in [0.25, 0.3) is 0 Å². The van der Waals surface area contributed by atoms with Gasteiger partial charge in [0.15, 0.2) is 5.16 Å². The fraction of sp³-hybridized carbons (Fsp3) is 0.364. The van der Waals surface area contributed by atoms with E-state index in [0.29, 0.717) is 29.8 Å². The number of ether oxygens (including phenoxy) is 1. The zero-order chi connectivity index (χ0) is 12.3. The van der Waals surface area contributed by atoms with Crippen LogP contribution in [0.3, 0.4) is 0 Å². The standard InChI is InChI=1S/C11H15N3O2S/c1-2-16-5-6-17(15)11-13-9-4-3-8(12)7-10(9)14-11/h3-4,7H,2,5-6,12H2,1H3,(H,13,14). The molecule has 5 nitrogen and oxygen atoms in total. The van der Waals surface area contributed by atoms with Gasteiger partial charge in [0.2, 0.25) is 0 Å². The number of hydrogen-bond acceptors (Lipinski definition) is 4. The van der Waals surface area contributed by atoms with Crippen LogP contribution in [0.1, 0.15) is 6.92 Å². The third-order valence-electron chi connectivity index (χ3n) is 2.32. The minimum Gasteiger partial charge on any atom is -0.399 e. The number of imidazole rings is 1. The van der Waals surface area contributed by atoms with Gasteiger partial charge in [-0.1, -0.05) is 0 Å². The van der Waals surface area contributed by atoms with Crippen LogP contribution in [-0.2, 0) is 15.5 Å². The van der Waals surface area contributed by atoms with E-state index in [2.05, 4.69) is 9.97 Å². The van der Waals surface area contributed by atoms with E-state index in [1.807, 2.05) is 13.0 Å². The average Bonchev–Trinajstić information content (AvgIpc) is 2.72. The normalized spacial score (nSPS) is 13.0. The van der Waals surface area contributed by atoms with Gasteiger partial charge in [-0.2, -0.15) is 0 Å². The summed E-state index contributed by atoms with van der Waals surface area (Å²) in [5, 5.41) is 0.477. The zero-order valence-electron chi connectivity index (χ0n) is 9.60. The predicted molar refractivity (Wildman–Crippen MR) is 68.3 cm³/mol. The smallest absolute Gasteiger partial charge is 0.197 e. The lowest BCUT2D eigenvalue weighted by atomic mass is 10.3. The minimum atomic E-state index is -1.16. The number of H-pyrrole nitrogens is 1. The van der Waals surface area contributed by atoms with E-state index >= 15 is 0 Å². The molecule has 0 bridgehead atoms. The van der Waals surface area contributed by atoms with Gasteiger partial charge in [-0.3, -0.25) is 4.21 Å². The van der Waals surface area contributed by atoms with E-state index in [1.54, 1.807) is 12.1 Å². The third kappa shape index (κ3) is 2.83. The third-order valence-corrected chi connectivity index (χ3v) is 3.48. The Morgan fingerprint density at radius 2 is 2.35 bits per heavy atom. The fourth-order valence-electron chi connectivity index (χ4n) is 1.49. The maximum absolute atomic E-state index is 11.9. The zero-order valence-corrected chi connectivity index (χ0v) is 10.4. The SMILES string of the molecule is CCOCCS(=O)c1nc2ccc(N)cc2[nH]1. The summed E-state index contributed by atoms with van der Waals surface area (Å²) in [7, 11) is -1.16. The first kappa shape index (κ1) is 12.1. The molecule has 3 N–H and O–H groups in total. The molecule has 0 aliphatic rings. The molecular weight excluding hydrogens is 238 g/mol. The molecule has 6 heteroatoms. The van der Waals surface area contributed by atoms with Gasteiger partial charge in [-0.25, -0.2) is 4.98 Å². The van der Waals surface area contributed by atoms with Crippen LogP contribution in [-0.4, -0.2) is 33.1 Å². The second-order valence-corrected chi connectivity index (χ2v) is 5.05. The highest BCUT2D eigenvalue weighted by Crippen LogP contribution is 2.16. The highest BCUT2D eigenvalue weighted by atomic mass is 32.2. The largest absolute Gasteiger partial charge is 0.399 e. The van der Waals surface area contributed by atoms with E-state index in [-0.39, 0.29) is 0 Å². The number of hydrogen-bond donors (Lipinski definition) is 2. The number of nitrogens with two attached hydrogens (primary N) is 1. The maximum Gasteiger partial charge on any atom is 0.197 e. The summed E-state index contributed by atoms with van der Waals surface area (Å²) >= 11 is 0. The molecule has 0 aliphatic heterocycles. The summed E-state index contributed by atoms with van der Waals surface area (Å²) < 4.78 is 17.0. The van der Waals surface area contributed by atoms with Crippen LogP contribution in [0.2, 0.25) is 0 Å². The Bertz CT molecular complexity index is 538. The number of benzene rings is 1. The number of nitrogens with one attached hydrogen (secondary N) is 1. The molecule has 2 rings (SSSR count). The van der Waals surface area contributed by atoms with Crippen LogP contribution >= 0.6 is 0 Å². The van der Waals surface area contributed by atoms with Crippen LogP contribution in [0.15, 0.2) is 23.4 Å². The molecule has 92 valence electrons. The number of aromatic amines is 1. The Morgan fingerprint density at radius 1 is 1.53 bits per heavy atom. The summed E-state index contributed by atoms with van der Waals surface area (Å²) in [5.41, 5.74) is 7.91. The van der Waals surface area contributed by atoms with Crippen LogP contribution in [0, 0.1) is 0 Å². The number of rotatable bonds is 5. The van der Waals surface area contributed by atoms with E-state index in [9.17, 15) is 4.21 Å². The van der Waals surface area contributed by atoms with Gasteiger partial charge in [0, 0.05) is 12.3 Å². The number of anilines is 1. The lowest BCUT2D eigenvalue weighted by Crippen LogP contribution is -2.07. The molecule has 0 fully saturated rings. The van der Waals surface area contributed by atoms with Crippen LogP contribution in [0.5, 0.6) is 0 Å². The van der Waals surface area contributed by atoms with Gasteiger partial charge < -0.3 is 15.5 Å². The van der Waals surface area contributed by atoms with Crippen molar-refractivity contribution in [2.45, 2.75) is 12.1 Å². The monoisotopic (exact) mass is 253 g/mol. The number of aromatic nitrogens is 2. The summed E-state index contributed by atoms with van der Waals surface area (Å²) in [5.74, 6) is 0.448. The molecule has 0 aliphatic carbocycles. The Balaban J connectivity index is 2.15.